The van der Waals surface area contributed by atoms with E-state index in [1.54, 1.807) is 23.0 Å². The Bertz CT molecular complexity index is 1550. The zero-order valence-corrected chi connectivity index (χ0v) is 20.9. The molecule has 0 saturated carbocycles. The van der Waals surface area contributed by atoms with Crippen LogP contribution in [-0.2, 0) is 16.1 Å². The van der Waals surface area contributed by atoms with E-state index in [0.29, 0.717) is 61.4 Å². The van der Waals surface area contributed by atoms with Crippen LogP contribution in [0.15, 0.2) is 54.7 Å². The molecule has 1 atom stereocenters. The molecule has 0 spiro atoms. The van der Waals surface area contributed by atoms with Gasteiger partial charge in [-0.2, -0.15) is 5.26 Å². The van der Waals surface area contributed by atoms with Gasteiger partial charge in [-0.25, -0.2) is 19.6 Å². The molecule has 4 aromatic rings. The highest BCUT2D eigenvalue weighted by Gasteiger charge is 2.33. The Hall–Kier alpha value is -4.89. The van der Waals surface area contributed by atoms with Gasteiger partial charge in [0.1, 0.15) is 11.5 Å². The van der Waals surface area contributed by atoms with Crippen molar-refractivity contribution in [3.8, 4) is 28.7 Å². The molecule has 12 heteroatoms. The fraction of sp³-hybridized carbons (Fsp3) is 0.296. The van der Waals surface area contributed by atoms with Crippen molar-refractivity contribution in [2.45, 2.75) is 19.0 Å². The van der Waals surface area contributed by atoms with Crippen LogP contribution in [0.5, 0.6) is 0 Å². The molecule has 196 valence electrons. The highest BCUT2D eigenvalue weighted by atomic mass is 16.5. The maximum Gasteiger partial charge on any atom is 0.310 e. The molecule has 1 aromatic carbocycles. The van der Waals surface area contributed by atoms with Crippen molar-refractivity contribution in [2.75, 3.05) is 36.5 Å². The Morgan fingerprint density at radius 1 is 1.10 bits per heavy atom. The third kappa shape index (κ3) is 5.39. The molecule has 0 radical (unpaired) electrons. The molecule has 3 aromatic heterocycles. The van der Waals surface area contributed by atoms with E-state index in [2.05, 4.69) is 26.7 Å². The second-order valence-electron chi connectivity index (χ2n) is 9.59. The summed E-state index contributed by atoms with van der Waals surface area (Å²) in [6, 6.07) is 17.1. The molecular weight excluding hydrogens is 498 g/mol. The van der Waals surface area contributed by atoms with Crippen molar-refractivity contribution >= 4 is 17.7 Å². The van der Waals surface area contributed by atoms with E-state index in [1.165, 1.54) is 0 Å². The van der Waals surface area contributed by atoms with Crippen LogP contribution in [0.2, 0.25) is 0 Å². The van der Waals surface area contributed by atoms with Crippen LogP contribution in [0.3, 0.4) is 0 Å². The van der Waals surface area contributed by atoms with Gasteiger partial charge < -0.3 is 20.1 Å². The summed E-state index contributed by atoms with van der Waals surface area (Å²) >= 11 is 0. The van der Waals surface area contributed by atoms with Crippen LogP contribution >= 0.6 is 0 Å². The van der Waals surface area contributed by atoms with Crippen LogP contribution in [0, 0.1) is 17.2 Å². The maximum absolute atomic E-state index is 11.1. The van der Waals surface area contributed by atoms with Crippen molar-refractivity contribution in [1.82, 2.24) is 29.9 Å². The second-order valence-corrected chi connectivity index (χ2v) is 9.59. The number of carboxylic acid groups (broad SMARTS) is 1. The van der Waals surface area contributed by atoms with Gasteiger partial charge in [-0.15, -0.1) is 5.10 Å². The summed E-state index contributed by atoms with van der Waals surface area (Å²) < 4.78 is 7.17. The van der Waals surface area contributed by atoms with E-state index < -0.39 is 5.97 Å². The van der Waals surface area contributed by atoms with Crippen LogP contribution in [0.25, 0.3) is 22.6 Å². The number of ether oxygens (including phenoxy) is 1. The molecule has 2 N–H and O–H groups in total. The van der Waals surface area contributed by atoms with Gasteiger partial charge in [-0.05, 0) is 36.8 Å². The summed E-state index contributed by atoms with van der Waals surface area (Å²) in [5.41, 5.74) is 3.96. The predicted octanol–water partition coefficient (Wildman–Crippen LogP) is 2.44. The SMILES string of the molecule is N#Cc1cccc(-c2cc(-c3cn(Cc4cccc(N5CC(C(=O)O)C5)n4)nn3)nc(N[C@H]3CCOC3)n2)c1. The van der Waals surface area contributed by atoms with Gasteiger partial charge in [0.25, 0.3) is 0 Å². The third-order valence-corrected chi connectivity index (χ3v) is 6.75. The fourth-order valence-corrected chi connectivity index (χ4v) is 4.58. The molecule has 2 aliphatic rings. The summed E-state index contributed by atoms with van der Waals surface area (Å²) in [5, 5.41) is 30.5. The van der Waals surface area contributed by atoms with Gasteiger partial charge in [0.2, 0.25) is 5.95 Å². The van der Waals surface area contributed by atoms with Crippen LogP contribution < -0.4 is 10.2 Å². The topological polar surface area (TPSA) is 155 Å². The third-order valence-electron chi connectivity index (χ3n) is 6.75. The Labute approximate surface area is 223 Å². The van der Waals surface area contributed by atoms with Gasteiger partial charge in [0.05, 0.1) is 60.0 Å². The fourth-order valence-electron chi connectivity index (χ4n) is 4.58. The van der Waals surface area contributed by atoms with E-state index in [-0.39, 0.29) is 12.0 Å². The first kappa shape index (κ1) is 24.4. The summed E-state index contributed by atoms with van der Waals surface area (Å²) in [4.78, 5) is 27.2. The Balaban J connectivity index is 1.25. The van der Waals surface area contributed by atoms with E-state index in [1.807, 2.05) is 41.3 Å². The average Bonchev–Trinajstić information content (AvgIpc) is 3.60. The molecule has 5 heterocycles. The summed E-state index contributed by atoms with van der Waals surface area (Å²) in [6.45, 7) is 2.58. The first-order valence-electron chi connectivity index (χ1n) is 12.6. The Morgan fingerprint density at radius 2 is 1.95 bits per heavy atom. The Kier molecular flexibility index (Phi) is 6.56. The normalized spacial score (nSPS) is 17.0. The number of nitrogens with one attached hydrogen (secondary N) is 1. The predicted molar refractivity (Wildman–Crippen MR) is 141 cm³/mol. The number of pyridine rings is 1. The van der Waals surface area contributed by atoms with Crippen LogP contribution in [0.4, 0.5) is 11.8 Å². The summed E-state index contributed by atoms with van der Waals surface area (Å²) in [7, 11) is 0. The second kappa shape index (κ2) is 10.5. The first-order chi connectivity index (χ1) is 19.0. The number of nitriles is 1. The maximum atomic E-state index is 11.1. The van der Waals surface area contributed by atoms with Gasteiger partial charge in [0.15, 0.2) is 0 Å². The minimum absolute atomic E-state index is 0.116. The largest absolute Gasteiger partial charge is 0.481 e. The standard InChI is InChI=1S/C27H25N9O3/c28-11-17-3-1-4-18(9-17)22-10-23(32-27(31-22)30-21-7-8-39-16-21)24-15-36(34-33-24)14-20-5-2-6-25(29-20)35-12-19(13-35)26(37)38/h1-6,9-10,15,19,21H,7-8,12-14,16H2,(H,37,38)(H,30,31,32)/t21-/m0/s1. The number of hydrogen-bond donors (Lipinski definition) is 2. The Morgan fingerprint density at radius 3 is 2.74 bits per heavy atom. The zero-order valence-electron chi connectivity index (χ0n) is 20.9. The average molecular weight is 524 g/mol. The number of rotatable bonds is 8. The highest BCUT2D eigenvalue weighted by molar-refractivity contribution is 5.74. The van der Waals surface area contributed by atoms with Crippen molar-refractivity contribution < 1.29 is 14.6 Å². The molecule has 0 amide bonds. The smallest absolute Gasteiger partial charge is 0.310 e. The molecule has 0 unspecified atom stereocenters. The monoisotopic (exact) mass is 523 g/mol. The minimum Gasteiger partial charge on any atom is -0.481 e. The molecule has 39 heavy (non-hydrogen) atoms. The van der Waals surface area contributed by atoms with Gasteiger partial charge in [0, 0.05) is 25.3 Å². The van der Waals surface area contributed by atoms with Crippen molar-refractivity contribution in [3.63, 3.8) is 0 Å². The minimum atomic E-state index is -0.780. The first-order valence-corrected chi connectivity index (χ1v) is 12.6. The van der Waals surface area contributed by atoms with Gasteiger partial charge in [-0.3, -0.25) is 4.79 Å². The van der Waals surface area contributed by atoms with Gasteiger partial charge >= 0.3 is 5.97 Å². The van der Waals surface area contributed by atoms with Crippen molar-refractivity contribution in [3.05, 3.63) is 66.0 Å². The molecule has 0 bridgehead atoms. The lowest BCUT2D eigenvalue weighted by molar-refractivity contribution is -0.142. The van der Waals surface area contributed by atoms with E-state index in [0.717, 1.165) is 23.5 Å². The number of benzene rings is 1. The number of hydrogen-bond acceptors (Lipinski definition) is 10. The molecule has 12 nitrogen and oxygen atoms in total. The molecule has 2 saturated heterocycles. The summed E-state index contributed by atoms with van der Waals surface area (Å²) in [6.07, 6.45) is 2.67. The lowest BCUT2D eigenvalue weighted by atomic mass is 10.0. The lowest BCUT2D eigenvalue weighted by Crippen LogP contribution is -2.50. The number of nitrogens with zero attached hydrogens (tertiary/aromatic N) is 8. The number of anilines is 2. The zero-order chi connectivity index (χ0) is 26.8. The molecule has 6 rings (SSSR count). The van der Waals surface area contributed by atoms with Crippen molar-refractivity contribution in [2.24, 2.45) is 5.92 Å². The number of carbonyl (C=O) groups is 1. The van der Waals surface area contributed by atoms with E-state index in [4.69, 9.17) is 19.8 Å². The number of aromatic nitrogens is 6. The van der Waals surface area contributed by atoms with Crippen molar-refractivity contribution in [1.29, 1.82) is 5.26 Å². The molecular formula is C27H25N9O3. The lowest BCUT2D eigenvalue weighted by Gasteiger charge is -2.37. The number of aliphatic carboxylic acids is 1. The summed E-state index contributed by atoms with van der Waals surface area (Å²) in [5.74, 6) is 0.0719. The highest BCUT2D eigenvalue weighted by Crippen LogP contribution is 2.26. The quantitative estimate of drug-likeness (QED) is 0.350. The van der Waals surface area contributed by atoms with Crippen LogP contribution in [-0.4, -0.2) is 73.4 Å². The molecule has 2 fully saturated rings. The molecule has 2 aliphatic heterocycles. The van der Waals surface area contributed by atoms with E-state index in [9.17, 15) is 10.1 Å². The number of carboxylic acids is 1. The van der Waals surface area contributed by atoms with Gasteiger partial charge in [-0.1, -0.05) is 23.4 Å². The molecule has 0 aliphatic carbocycles. The van der Waals surface area contributed by atoms with Crippen LogP contribution in [0.1, 0.15) is 17.7 Å². The van der Waals surface area contributed by atoms with E-state index >= 15 is 0 Å².